The molecule has 4 N–H and O–H groups in total. The van der Waals surface area contributed by atoms with E-state index in [2.05, 4.69) is 23.9 Å². The Kier molecular flexibility index (Phi) is 13.1. The van der Waals surface area contributed by atoms with Gasteiger partial charge in [-0.15, -0.1) is 0 Å². The fraction of sp³-hybridized carbons (Fsp3) is 0.355. The second-order valence-electron chi connectivity index (χ2n) is 8.99. The molecule has 0 radical (unpaired) electrons. The van der Waals surface area contributed by atoms with Crippen LogP contribution < -0.4 is 0 Å². The van der Waals surface area contributed by atoms with Crippen LogP contribution in [0, 0.1) is 6.92 Å². The van der Waals surface area contributed by atoms with Crippen molar-refractivity contribution in [3.63, 3.8) is 0 Å². The number of phenolic OH excluding ortho intramolecular Hbond substituents is 3. The summed E-state index contributed by atoms with van der Waals surface area (Å²) < 4.78 is 0. The maximum atomic E-state index is 9.92. The van der Waals surface area contributed by atoms with Crippen LogP contribution in [0.4, 0.5) is 0 Å². The molecule has 200 valence electrons. The van der Waals surface area contributed by atoms with Gasteiger partial charge in [-0.25, -0.2) is 4.89 Å². The van der Waals surface area contributed by atoms with Gasteiger partial charge >= 0.3 is 0 Å². The molecule has 37 heavy (non-hydrogen) atoms. The molecule has 0 saturated carbocycles. The smallest absolute Gasteiger partial charge is 0.164 e. The third-order valence-corrected chi connectivity index (χ3v) is 6.80. The average Bonchev–Trinajstić information content (AvgIpc) is 2.91. The van der Waals surface area contributed by atoms with E-state index >= 15 is 0 Å². The highest BCUT2D eigenvalue weighted by Crippen LogP contribution is 2.45. The molecule has 0 amide bonds. The predicted octanol–water partition coefficient (Wildman–Crippen LogP) is 9.09. The van der Waals surface area contributed by atoms with Crippen molar-refractivity contribution < 1.29 is 25.5 Å². The quantitative estimate of drug-likeness (QED) is 0.0499. The van der Waals surface area contributed by atoms with Crippen molar-refractivity contribution in [2.45, 2.75) is 72.3 Å². The molecule has 3 aromatic rings. The molecule has 0 aliphatic rings. The standard InChI is InChI=1S/C16H16O2.C15H23ClO3/c1-2-3-4-7-14-11-10-13-8-5-6-9-15(13)16(14)12-18-17;1-3-4-5-6-7-8-9-11-14(18)12(16)10(2)13(17)15(11)19/h2-11,17H,12H2,1H3;17-19H,3-9H2,1-2H3/b3-2-,7-4-;. The van der Waals surface area contributed by atoms with Crippen LogP contribution in [-0.4, -0.2) is 20.6 Å². The predicted molar refractivity (Wildman–Crippen MR) is 153 cm³/mol. The molecule has 6 heteroatoms. The van der Waals surface area contributed by atoms with Gasteiger partial charge in [0.05, 0.1) is 5.02 Å². The molecule has 3 rings (SSSR count). The number of phenols is 3. The lowest BCUT2D eigenvalue weighted by Crippen LogP contribution is -1.93. The number of aromatic hydroxyl groups is 3. The van der Waals surface area contributed by atoms with Crippen molar-refractivity contribution in [1.82, 2.24) is 0 Å². The lowest BCUT2D eigenvalue weighted by Gasteiger charge is -2.13. The maximum absolute atomic E-state index is 9.92. The third kappa shape index (κ3) is 8.53. The van der Waals surface area contributed by atoms with Crippen molar-refractivity contribution in [1.29, 1.82) is 0 Å². The van der Waals surface area contributed by atoms with Crippen LogP contribution in [-0.2, 0) is 17.9 Å². The number of hydrogen-bond acceptors (Lipinski definition) is 5. The highest BCUT2D eigenvalue weighted by molar-refractivity contribution is 6.33. The van der Waals surface area contributed by atoms with E-state index in [4.69, 9.17) is 16.9 Å². The largest absolute Gasteiger partial charge is 0.506 e. The van der Waals surface area contributed by atoms with Crippen molar-refractivity contribution in [3.8, 4) is 17.2 Å². The summed E-state index contributed by atoms with van der Waals surface area (Å²) >= 11 is 5.92. The Morgan fingerprint density at radius 2 is 1.54 bits per heavy atom. The molecule has 0 unspecified atom stereocenters. The minimum absolute atomic E-state index is 0.108. The van der Waals surface area contributed by atoms with E-state index in [9.17, 15) is 15.3 Å². The highest BCUT2D eigenvalue weighted by Gasteiger charge is 2.19. The Balaban J connectivity index is 0.000000260. The molecular weight excluding hydrogens is 488 g/mol. The van der Waals surface area contributed by atoms with E-state index in [1.807, 2.05) is 55.5 Å². The summed E-state index contributed by atoms with van der Waals surface area (Å²) in [5.41, 5.74) is 2.71. The molecule has 0 aliphatic carbocycles. The van der Waals surface area contributed by atoms with Crippen LogP contribution >= 0.6 is 11.6 Å². The van der Waals surface area contributed by atoms with Crippen molar-refractivity contribution >= 4 is 28.4 Å². The monoisotopic (exact) mass is 526 g/mol. The number of rotatable bonds is 11. The zero-order chi connectivity index (χ0) is 27.2. The van der Waals surface area contributed by atoms with Crippen LogP contribution in [0.2, 0.25) is 5.02 Å². The zero-order valence-electron chi connectivity index (χ0n) is 22.0. The Morgan fingerprint density at radius 1 is 0.838 bits per heavy atom. The average molecular weight is 527 g/mol. The third-order valence-electron chi connectivity index (χ3n) is 6.33. The van der Waals surface area contributed by atoms with Crippen LogP contribution in [0.3, 0.4) is 0 Å². The highest BCUT2D eigenvalue weighted by atomic mass is 35.5. The lowest BCUT2D eigenvalue weighted by atomic mass is 9.99. The van der Waals surface area contributed by atoms with Gasteiger partial charge in [-0.1, -0.05) is 111 Å². The summed E-state index contributed by atoms with van der Waals surface area (Å²) in [6.45, 7) is 5.90. The summed E-state index contributed by atoms with van der Waals surface area (Å²) in [6.07, 6.45) is 15.2. The summed E-state index contributed by atoms with van der Waals surface area (Å²) in [4.78, 5) is 4.33. The number of unbranched alkanes of at least 4 members (excludes halogenated alkanes) is 5. The van der Waals surface area contributed by atoms with Crippen LogP contribution in [0.25, 0.3) is 16.8 Å². The van der Waals surface area contributed by atoms with E-state index in [0.29, 0.717) is 17.5 Å². The van der Waals surface area contributed by atoms with Gasteiger partial charge in [0, 0.05) is 11.1 Å². The van der Waals surface area contributed by atoms with Gasteiger partial charge in [0.25, 0.3) is 0 Å². The Hall–Kier alpha value is -2.99. The van der Waals surface area contributed by atoms with Gasteiger partial charge in [0.2, 0.25) is 0 Å². The summed E-state index contributed by atoms with van der Waals surface area (Å²) in [5.74, 6) is -0.584. The minimum Gasteiger partial charge on any atom is -0.506 e. The number of benzene rings is 3. The zero-order valence-corrected chi connectivity index (χ0v) is 22.8. The van der Waals surface area contributed by atoms with Crippen LogP contribution in [0.15, 0.2) is 54.6 Å². The van der Waals surface area contributed by atoms with E-state index in [1.165, 1.54) is 19.3 Å². The molecular formula is C31H39ClO5. The van der Waals surface area contributed by atoms with E-state index < -0.39 is 0 Å². The summed E-state index contributed by atoms with van der Waals surface area (Å²) in [7, 11) is 0. The molecule has 0 atom stereocenters. The van der Waals surface area contributed by atoms with Crippen LogP contribution in [0.1, 0.15) is 74.6 Å². The first-order chi connectivity index (χ1) is 17.9. The minimum atomic E-state index is -0.243. The van der Waals surface area contributed by atoms with Gasteiger partial charge in [-0.3, -0.25) is 5.26 Å². The summed E-state index contributed by atoms with van der Waals surface area (Å²) in [6, 6.07) is 12.2. The molecule has 0 aliphatic heterocycles. The summed E-state index contributed by atoms with van der Waals surface area (Å²) in [5, 5.41) is 40.6. The molecule has 0 spiro atoms. The second kappa shape index (κ2) is 16.0. The van der Waals surface area contributed by atoms with E-state index in [0.717, 1.165) is 41.2 Å². The van der Waals surface area contributed by atoms with Gasteiger partial charge in [0.1, 0.15) is 12.4 Å². The SMILES string of the molecule is C/C=C\C=C/c1ccc2ccccc2c1COO.CCCCCCCCc1c(O)c(O)c(C)c(Cl)c1O. The van der Waals surface area contributed by atoms with E-state index in [1.54, 1.807) is 6.92 Å². The second-order valence-corrected chi connectivity index (χ2v) is 9.37. The lowest BCUT2D eigenvalue weighted by molar-refractivity contribution is -0.252. The Labute approximate surface area is 225 Å². The molecule has 0 fully saturated rings. The first kappa shape index (κ1) is 30.2. The van der Waals surface area contributed by atoms with Crippen molar-refractivity contribution in [2.24, 2.45) is 0 Å². The van der Waals surface area contributed by atoms with Gasteiger partial charge in [-0.05, 0) is 48.6 Å². The molecule has 0 aromatic heterocycles. The number of allylic oxidation sites excluding steroid dienone is 3. The Morgan fingerprint density at radius 3 is 2.24 bits per heavy atom. The molecule has 0 saturated heterocycles. The van der Waals surface area contributed by atoms with Crippen molar-refractivity contribution in [3.05, 3.63) is 81.9 Å². The van der Waals surface area contributed by atoms with Gasteiger partial charge in [0.15, 0.2) is 11.5 Å². The fourth-order valence-electron chi connectivity index (χ4n) is 4.17. The van der Waals surface area contributed by atoms with Gasteiger partial charge in [-0.2, -0.15) is 0 Å². The molecule has 3 aromatic carbocycles. The Bertz CT molecular complexity index is 1170. The first-order valence-corrected chi connectivity index (χ1v) is 13.2. The van der Waals surface area contributed by atoms with Crippen molar-refractivity contribution in [2.75, 3.05) is 0 Å². The first-order valence-electron chi connectivity index (χ1n) is 12.8. The van der Waals surface area contributed by atoms with Gasteiger partial charge < -0.3 is 15.3 Å². The molecule has 0 heterocycles. The number of halogens is 1. The fourth-order valence-corrected chi connectivity index (χ4v) is 4.37. The number of hydrogen-bond donors (Lipinski definition) is 4. The molecule has 0 bridgehead atoms. The normalized spacial score (nSPS) is 11.4. The topological polar surface area (TPSA) is 90.2 Å². The van der Waals surface area contributed by atoms with Crippen LogP contribution in [0.5, 0.6) is 17.2 Å². The maximum Gasteiger partial charge on any atom is 0.164 e. The molecule has 5 nitrogen and oxygen atoms in total. The van der Waals surface area contributed by atoms with E-state index in [-0.39, 0.29) is 28.9 Å². The number of fused-ring (bicyclic) bond motifs is 1.